The fourth-order valence-corrected chi connectivity index (χ4v) is 3.59. The zero-order chi connectivity index (χ0) is 18.2. The Morgan fingerprint density at radius 3 is 2.64 bits per heavy atom. The number of carbonyl (C=O) groups excluding carboxylic acids is 1. The molecule has 5 nitrogen and oxygen atoms in total. The van der Waals surface area contributed by atoms with E-state index >= 15 is 0 Å². The van der Waals surface area contributed by atoms with E-state index in [1.165, 1.54) is 0 Å². The average Bonchev–Trinajstić information content (AvgIpc) is 2.54. The van der Waals surface area contributed by atoms with Crippen molar-refractivity contribution in [1.82, 2.24) is 10.2 Å². The number of carboxylic acid groups (broad SMARTS) is 1. The second-order valence-corrected chi connectivity index (χ2v) is 7.50. The van der Waals surface area contributed by atoms with E-state index in [2.05, 4.69) is 36.2 Å². The number of nitrogens with zero attached hydrogens (tertiary/aromatic N) is 1. The van der Waals surface area contributed by atoms with Gasteiger partial charge in [-0.05, 0) is 43.2 Å². The molecule has 1 aromatic carbocycles. The maximum Gasteiger partial charge on any atom is 0.303 e. The molecule has 2 unspecified atom stereocenters. The van der Waals surface area contributed by atoms with Crippen LogP contribution in [0.1, 0.15) is 51.1 Å². The van der Waals surface area contributed by atoms with Crippen molar-refractivity contribution in [3.63, 3.8) is 0 Å². The number of rotatable bonds is 8. The normalized spacial score (nSPS) is 19.6. The number of hydrogen-bond acceptors (Lipinski definition) is 3. The van der Waals surface area contributed by atoms with Crippen LogP contribution >= 0.6 is 0 Å². The fourth-order valence-electron chi connectivity index (χ4n) is 3.59. The Hall–Kier alpha value is -1.88. The van der Waals surface area contributed by atoms with Gasteiger partial charge in [-0.25, -0.2) is 0 Å². The van der Waals surface area contributed by atoms with E-state index in [1.54, 1.807) is 0 Å². The third-order valence-electron chi connectivity index (χ3n) is 4.68. The summed E-state index contributed by atoms with van der Waals surface area (Å²) in [6, 6.07) is 10.1. The Labute approximate surface area is 150 Å². The van der Waals surface area contributed by atoms with Crippen molar-refractivity contribution in [2.24, 2.45) is 11.8 Å². The molecule has 1 aromatic rings. The molecule has 1 aliphatic heterocycles. The summed E-state index contributed by atoms with van der Waals surface area (Å²) >= 11 is 0. The third kappa shape index (κ3) is 6.86. The van der Waals surface area contributed by atoms with E-state index in [4.69, 9.17) is 5.11 Å². The first-order chi connectivity index (χ1) is 11.9. The molecule has 2 rings (SSSR count). The Morgan fingerprint density at radius 2 is 2.00 bits per heavy atom. The SMILES string of the molecule is CC(C)CC(NC(=O)CN1CCCC(CC(=O)O)C1)c1ccccc1. The third-order valence-corrected chi connectivity index (χ3v) is 4.68. The minimum absolute atomic E-state index is 0.0190. The number of piperidine rings is 1. The first-order valence-electron chi connectivity index (χ1n) is 9.22. The molecule has 1 saturated heterocycles. The van der Waals surface area contributed by atoms with Crippen molar-refractivity contribution in [3.8, 4) is 0 Å². The van der Waals surface area contributed by atoms with E-state index in [1.807, 2.05) is 18.2 Å². The number of carboxylic acids is 1. The largest absolute Gasteiger partial charge is 0.481 e. The fraction of sp³-hybridized carbons (Fsp3) is 0.600. The molecular formula is C20H30N2O3. The first-order valence-corrected chi connectivity index (χ1v) is 9.22. The van der Waals surface area contributed by atoms with Crippen molar-refractivity contribution in [1.29, 1.82) is 0 Å². The number of amides is 1. The molecule has 2 N–H and O–H groups in total. The monoisotopic (exact) mass is 346 g/mol. The lowest BCUT2D eigenvalue weighted by Crippen LogP contribution is -2.43. The molecule has 0 radical (unpaired) electrons. The standard InChI is InChI=1S/C20H30N2O3/c1-15(2)11-18(17-8-4-3-5-9-17)21-19(23)14-22-10-6-7-16(13-22)12-20(24)25/h3-5,8-9,15-16,18H,6-7,10-14H2,1-2H3,(H,21,23)(H,24,25). The zero-order valence-corrected chi connectivity index (χ0v) is 15.3. The van der Waals surface area contributed by atoms with E-state index in [9.17, 15) is 9.59 Å². The van der Waals surface area contributed by atoms with Crippen LogP contribution in [0, 0.1) is 11.8 Å². The molecule has 0 bridgehead atoms. The summed E-state index contributed by atoms with van der Waals surface area (Å²) in [6.07, 6.45) is 2.99. The molecule has 1 heterocycles. The summed E-state index contributed by atoms with van der Waals surface area (Å²) in [5, 5.41) is 12.1. The van der Waals surface area contributed by atoms with E-state index in [0.717, 1.165) is 31.4 Å². The summed E-state index contributed by atoms with van der Waals surface area (Å²) in [6.45, 7) is 6.22. The highest BCUT2D eigenvalue weighted by molar-refractivity contribution is 5.78. The summed E-state index contributed by atoms with van der Waals surface area (Å²) < 4.78 is 0. The van der Waals surface area contributed by atoms with Gasteiger partial charge in [0, 0.05) is 13.0 Å². The van der Waals surface area contributed by atoms with Gasteiger partial charge >= 0.3 is 5.97 Å². The molecule has 0 aliphatic carbocycles. The van der Waals surface area contributed by atoms with Crippen molar-refractivity contribution < 1.29 is 14.7 Å². The lowest BCUT2D eigenvalue weighted by Gasteiger charge is -2.32. The van der Waals surface area contributed by atoms with E-state index in [0.29, 0.717) is 19.0 Å². The molecule has 1 aliphatic rings. The van der Waals surface area contributed by atoms with Gasteiger partial charge in [0.1, 0.15) is 0 Å². The molecule has 25 heavy (non-hydrogen) atoms. The average molecular weight is 346 g/mol. The van der Waals surface area contributed by atoms with Gasteiger partial charge in [-0.1, -0.05) is 44.2 Å². The van der Waals surface area contributed by atoms with Gasteiger partial charge in [-0.15, -0.1) is 0 Å². The second-order valence-electron chi connectivity index (χ2n) is 7.50. The highest BCUT2D eigenvalue weighted by atomic mass is 16.4. The molecule has 138 valence electrons. The van der Waals surface area contributed by atoms with Gasteiger partial charge in [-0.2, -0.15) is 0 Å². The lowest BCUT2D eigenvalue weighted by atomic mass is 9.94. The molecular weight excluding hydrogens is 316 g/mol. The van der Waals surface area contributed by atoms with Crippen LogP contribution in [0.2, 0.25) is 0 Å². The van der Waals surface area contributed by atoms with Crippen LogP contribution in [-0.2, 0) is 9.59 Å². The van der Waals surface area contributed by atoms with Crippen LogP contribution in [0.15, 0.2) is 30.3 Å². The predicted molar refractivity (Wildman–Crippen MR) is 98.2 cm³/mol. The van der Waals surface area contributed by atoms with Crippen LogP contribution in [0.25, 0.3) is 0 Å². The van der Waals surface area contributed by atoms with Gasteiger partial charge < -0.3 is 10.4 Å². The minimum Gasteiger partial charge on any atom is -0.481 e. The Kier molecular flexibility index (Phi) is 7.44. The minimum atomic E-state index is -0.752. The maximum atomic E-state index is 12.5. The summed E-state index contributed by atoms with van der Waals surface area (Å²) in [4.78, 5) is 25.5. The Balaban J connectivity index is 1.91. The second kappa shape index (κ2) is 9.56. The molecule has 0 saturated carbocycles. The molecule has 1 fully saturated rings. The maximum absolute atomic E-state index is 12.5. The number of aliphatic carboxylic acids is 1. The molecule has 1 amide bonds. The predicted octanol–water partition coefficient (Wildman–Crippen LogP) is 3.08. The smallest absolute Gasteiger partial charge is 0.303 e. The number of likely N-dealkylation sites (tertiary alicyclic amines) is 1. The summed E-state index contributed by atoms with van der Waals surface area (Å²) in [7, 11) is 0. The first kappa shape index (κ1) is 19.4. The topological polar surface area (TPSA) is 69.6 Å². The molecule has 5 heteroatoms. The summed E-state index contributed by atoms with van der Waals surface area (Å²) in [5.74, 6) is -0.0945. The highest BCUT2D eigenvalue weighted by Gasteiger charge is 2.24. The Morgan fingerprint density at radius 1 is 1.28 bits per heavy atom. The van der Waals surface area contributed by atoms with Gasteiger partial charge in [-0.3, -0.25) is 14.5 Å². The van der Waals surface area contributed by atoms with Gasteiger partial charge in [0.2, 0.25) is 5.91 Å². The quantitative estimate of drug-likeness (QED) is 0.759. The molecule has 0 aromatic heterocycles. The van der Waals surface area contributed by atoms with Gasteiger partial charge in [0.05, 0.1) is 12.6 Å². The lowest BCUT2D eigenvalue weighted by molar-refractivity contribution is -0.138. The number of nitrogens with one attached hydrogen (secondary N) is 1. The Bertz CT molecular complexity index is 559. The number of benzene rings is 1. The van der Waals surface area contributed by atoms with Crippen molar-refractivity contribution in [2.75, 3.05) is 19.6 Å². The van der Waals surface area contributed by atoms with E-state index < -0.39 is 5.97 Å². The van der Waals surface area contributed by atoms with Gasteiger partial charge in [0.15, 0.2) is 0 Å². The van der Waals surface area contributed by atoms with Gasteiger partial charge in [0.25, 0.3) is 0 Å². The van der Waals surface area contributed by atoms with Crippen molar-refractivity contribution in [2.45, 2.75) is 45.6 Å². The van der Waals surface area contributed by atoms with Crippen LogP contribution in [0.4, 0.5) is 0 Å². The van der Waals surface area contributed by atoms with Crippen molar-refractivity contribution in [3.05, 3.63) is 35.9 Å². The zero-order valence-electron chi connectivity index (χ0n) is 15.3. The number of carbonyl (C=O) groups is 2. The van der Waals surface area contributed by atoms with Crippen LogP contribution < -0.4 is 5.32 Å². The van der Waals surface area contributed by atoms with Crippen LogP contribution in [0.5, 0.6) is 0 Å². The van der Waals surface area contributed by atoms with Crippen molar-refractivity contribution >= 4 is 11.9 Å². The van der Waals surface area contributed by atoms with E-state index in [-0.39, 0.29) is 24.3 Å². The molecule has 2 atom stereocenters. The molecule has 0 spiro atoms. The van der Waals surface area contributed by atoms with Crippen LogP contribution in [0.3, 0.4) is 0 Å². The summed E-state index contributed by atoms with van der Waals surface area (Å²) in [5.41, 5.74) is 1.13. The van der Waals surface area contributed by atoms with Crippen LogP contribution in [-0.4, -0.2) is 41.5 Å². The number of hydrogen-bond donors (Lipinski definition) is 2. The highest BCUT2D eigenvalue weighted by Crippen LogP contribution is 2.22.